The number of para-hydroxylation sites is 3. The van der Waals surface area contributed by atoms with Crippen LogP contribution < -0.4 is 4.74 Å². The third-order valence-electron chi connectivity index (χ3n) is 9.57. The van der Waals surface area contributed by atoms with Crippen LogP contribution in [0.25, 0.3) is 82.4 Å². The number of aromatic nitrogens is 1. The molecule has 2 heterocycles. The first-order valence-electron chi connectivity index (χ1n) is 15.8. The largest absolute Gasteiger partial charge is 0.456 e. The highest BCUT2D eigenvalue weighted by molar-refractivity contribution is 6.22. The van der Waals surface area contributed by atoms with Crippen molar-refractivity contribution >= 4 is 43.4 Å². The lowest BCUT2D eigenvalue weighted by molar-refractivity contribution is 0.487. The molecule has 46 heavy (non-hydrogen) atoms. The van der Waals surface area contributed by atoms with Crippen molar-refractivity contribution in [3.05, 3.63) is 164 Å². The van der Waals surface area contributed by atoms with Gasteiger partial charge in [-0.2, -0.15) is 0 Å². The van der Waals surface area contributed by atoms with Gasteiger partial charge in [0.2, 0.25) is 0 Å². The highest BCUT2D eigenvalue weighted by Gasteiger charge is 2.22. The Labute approximate surface area is 266 Å². The van der Waals surface area contributed by atoms with Crippen molar-refractivity contribution in [1.82, 2.24) is 4.57 Å². The molecule has 214 valence electrons. The van der Waals surface area contributed by atoms with Gasteiger partial charge in [-0.05, 0) is 81.1 Å². The molecular formula is C44H27NO. The van der Waals surface area contributed by atoms with Gasteiger partial charge in [-0.3, -0.25) is 0 Å². The molecular weight excluding hydrogens is 558 g/mol. The first-order chi connectivity index (χ1) is 22.8. The third-order valence-corrected chi connectivity index (χ3v) is 9.57. The van der Waals surface area contributed by atoms with Crippen molar-refractivity contribution in [2.24, 2.45) is 0 Å². The minimum Gasteiger partial charge on any atom is -0.456 e. The summed E-state index contributed by atoms with van der Waals surface area (Å²) in [6.07, 6.45) is 0. The van der Waals surface area contributed by atoms with E-state index in [1.807, 2.05) is 12.1 Å². The van der Waals surface area contributed by atoms with Gasteiger partial charge >= 0.3 is 0 Å². The molecule has 0 fully saturated rings. The van der Waals surface area contributed by atoms with E-state index >= 15 is 0 Å². The molecule has 10 rings (SSSR count). The van der Waals surface area contributed by atoms with E-state index in [0.29, 0.717) is 0 Å². The molecule has 2 nitrogen and oxygen atoms in total. The molecule has 0 N–H and O–H groups in total. The van der Waals surface area contributed by atoms with Gasteiger partial charge in [-0.1, -0.05) is 121 Å². The lowest BCUT2D eigenvalue weighted by Gasteiger charge is -2.22. The predicted octanol–water partition coefficient (Wildman–Crippen LogP) is 12.2. The average molecular weight is 586 g/mol. The zero-order valence-corrected chi connectivity index (χ0v) is 24.9. The molecule has 8 aromatic carbocycles. The minimum absolute atomic E-state index is 0.910. The number of rotatable bonds is 3. The van der Waals surface area contributed by atoms with Gasteiger partial charge in [-0.25, -0.2) is 0 Å². The monoisotopic (exact) mass is 585 g/mol. The smallest absolute Gasteiger partial charge is 0.135 e. The average Bonchev–Trinajstić information content (AvgIpc) is 3.46. The van der Waals surface area contributed by atoms with Gasteiger partial charge in [0.15, 0.2) is 0 Å². The Bertz CT molecular complexity index is 2660. The summed E-state index contributed by atoms with van der Waals surface area (Å²) >= 11 is 0. The van der Waals surface area contributed by atoms with E-state index in [1.165, 1.54) is 76.9 Å². The van der Waals surface area contributed by atoms with E-state index in [1.54, 1.807) is 0 Å². The van der Waals surface area contributed by atoms with Crippen molar-refractivity contribution in [1.29, 1.82) is 0 Å². The molecule has 0 amide bonds. The fraction of sp³-hybridized carbons (Fsp3) is 0. The van der Waals surface area contributed by atoms with E-state index in [0.717, 1.165) is 17.1 Å². The van der Waals surface area contributed by atoms with Gasteiger partial charge in [0, 0.05) is 32.8 Å². The first kappa shape index (κ1) is 25.2. The molecule has 0 radical (unpaired) electrons. The summed E-state index contributed by atoms with van der Waals surface area (Å²) in [5.74, 6) is 1.82. The van der Waals surface area contributed by atoms with Crippen molar-refractivity contribution in [2.45, 2.75) is 0 Å². The molecule has 0 atom stereocenters. The van der Waals surface area contributed by atoms with Crippen LogP contribution in [-0.4, -0.2) is 4.57 Å². The Balaban J connectivity index is 1.22. The molecule has 0 spiro atoms. The maximum absolute atomic E-state index is 6.39. The van der Waals surface area contributed by atoms with E-state index in [9.17, 15) is 0 Å². The molecule has 2 heteroatoms. The third kappa shape index (κ3) is 3.59. The normalized spacial score (nSPS) is 12.1. The minimum atomic E-state index is 0.910. The van der Waals surface area contributed by atoms with Crippen LogP contribution in [0.2, 0.25) is 0 Å². The van der Waals surface area contributed by atoms with Crippen molar-refractivity contribution < 1.29 is 4.74 Å². The summed E-state index contributed by atoms with van der Waals surface area (Å²) < 4.78 is 8.81. The number of benzene rings is 8. The summed E-state index contributed by atoms with van der Waals surface area (Å²) in [4.78, 5) is 0. The van der Waals surface area contributed by atoms with Crippen LogP contribution in [0.5, 0.6) is 11.5 Å². The van der Waals surface area contributed by atoms with Gasteiger partial charge in [-0.15, -0.1) is 0 Å². The topological polar surface area (TPSA) is 14.2 Å². The zero-order chi connectivity index (χ0) is 30.2. The number of ether oxygens (including phenoxy) is 1. The predicted molar refractivity (Wildman–Crippen MR) is 192 cm³/mol. The molecule has 0 unspecified atom stereocenters. The summed E-state index contributed by atoms with van der Waals surface area (Å²) in [7, 11) is 0. The van der Waals surface area contributed by atoms with E-state index in [-0.39, 0.29) is 0 Å². The van der Waals surface area contributed by atoms with Gasteiger partial charge < -0.3 is 9.30 Å². The molecule has 1 aromatic heterocycles. The maximum Gasteiger partial charge on any atom is 0.135 e. The highest BCUT2D eigenvalue weighted by Crippen LogP contribution is 2.49. The Hall–Kier alpha value is -6.12. The SMILES string of the molecule is c1ccc(-n2c3ccccc3c3cc(-c4cccc(-c5ccc6c7c(cccc57)-c5ccccc5O6)c4)c4ccccc4c32)cc1. The molecule has 1 aliphatic heterocycles. The summed E-state index contributed by atoms with van der Waals surface area (Å²) in [6.45, 7) is 0. The number of nitrogens with zero attached hydrogens (tertiary/aromatic N) is 1. The van der Waals surface area contributed by atoms with Crippen LogP contribution in [0.1, 0.15) is 0 Å². The quantitative estimate of drug-likeness (QED) is 0.201. The summed E-state index contributed by atoms with van der Waals surface area (Å²) in [5.41, 5.74) is 10.8. The van der Waals surface area contributed by atoms with Crippen LogP contribution >= 0.6 is 0 Å². The lowest BCUT2D eigenvalue weighted by Crippen LogP contribution is -1.97. The maximum atomic E-state index is 6.39. The van der Waals surface area contributed by atoms with E-state index in [2.05, 4.69) is 156 Å². The number of hydrogen-bond donors (Lipinski definition) is 0. The molecule has 0 aliphatic carbocycles. The Morgan fingerprint density at radius 2 is 1.04 bits per heavy atom. The van der Waals surface area contributed by atoms with Gasteiger partial charge in [0.05, 0.1) is 11.0 Å². The van der Waals surface area contributed by atoms with Crippen LogP contribution in [0, 0.1) is 0 Å². The molecule has 0 bridgehead atoms. The Morgan fingerprint density at radius 3 is 1.93 bits per heavy atom. The van der Waals surface area contributed by atoms with E-state index < -0.39 is 0 Å². The first-order valence-corrected chi connectivity index (χ1v) is 15.8. The molecule has 0 saturated carbocycles. The van der Waals surface area contributed by atoms with Crippen molar-refractivity contribution in [2.75, 3.05) is 0 Å². The molecule has 0 saturated heterocycles. The fourth-order valence-electron chi connectivity index (χ4n) is 7.59. The second kappa shape index (κ2) is 9.69. The van der Waals surface area contributed by atoms with Crippen LogP contribution in [0.15, 0.2) is 164 Å². The number of hydrogen-bond acceptors (Lipinski definition) is 1. The van der Waals surface area contributed by atoms with E-state index in [4.69, 9.17) is 4.74 Å². The van der Waals surface area contributed by atoms with Crippen molar-refractivity contribution in [3.63, 3.8) is 0 Å². The van der Waals surface area contributed by atoms with Gasteiger partial charge in [0.25, 0.3) is 0 Å². The molecule has 1 aliphatic rings. The van der Waals surface area contributed by atoms with Crippen molar-refractivity contribution in [3.8, 4) is 50.6 Å². The summed E-state index contributed by atoms with van der Waals surface area (Å²) in [6, 6.07) is 59.0. The standard InChI is InChI=1S/C44H27NO/c1-2-14-30(15-3-1)45-40-22-8-6-17-33(40)39-27-38(32-16-4-5-19-37(32)44(39)45)29-13-10-12-28(26-29)31-24-25-42-43-35(31)20-11-21-36(43)34-18-7-9-23-41(34)46-42/h1-27H. The Kier molecular flexibility index (Phi) is 5.31. The fourth-order valence-corrected chi connectivity index (χ4v) is 7.59. The second-order valence-electron chi connectivity index (χ2n) is 12.1. The zero-order valence-electron chi connectivity index (χ0n) is 24.9. The van der Waals surface area contributed by atoms with Gasteiger partial charge in [0.1, 0.15) is 11.5 Å². The molecule has 9 aromatic rings. The van der Waals surface area contributed by atoms with Crippen LogP contribution in [-0.2, 0) is 0 Å². The van der Waals surface area contributed by atoms with Crippen LogP contribution in [0.4, 0.5) is 0 Å². The van der Waals surface area contributed by atoms with Crippen LogP contribution in [0.3, 0.4) is 0 Å². The highest BCUT2D eigenvalue weighted by atomic mass is 16.5. The second-order valence-corrected chi connectivity index (χ2v) is 12.1. The lowest BCUT2D eigenvalue weighted by atomic mass is 9.89. The summed E-state index contributed by atoms with van der Waals surface area (Å²) in [5, 5.41) is 7.38. The number of fused-ring (bicyclic) bond motifs is 7. The Morgan fingerprint density at radius 1 is 0.370 bits per heavy atom.